The SMILES string of the molecule is CC[n+]1c(Br)ccc2ccccc21.[Br-]. The van der Waals surface area contributed by atoms with Gasteiger partial charge in [-0.15, -0.1) is 0 Å². The van der Waals surface area contributed by atoms with Crippen LogP contribution >= 0.6 is 15.9 Å². The van der Waals surface area contributed by atoms with E-state index in [9.17, 15) is 0 Å². The minimum absolute atomic E-state index is 0. The highest BCUT2D eigenvalue weighted by molar-refractivity contribution is 9.10. The summed E-state index contributed by atoms with van der Waals surface area (Å²) in [4.78, 5) is 0. The Kier molecular flexibility index (Phi) is 4.08. The number of para-hydroxylation sites is 1. The normalized spacial score (nSPS) is 9.86. The van der Waals surface area contributed by atoms with E-state index in [0.29, 0.717) is 0 Å². The topological polar surface area (TPSA) is 3.88 Å². The summed E-state index contributed by atoms with van der Waals surface area (Å²) < 4.78 is 3.38. The number of aromatic nitrogens is 1. The molecule has 0 unspecified atom stereocenters. The van der Waals surface area contributed by atoms with Gasteiger partial charge in [0.05, 0.1) is 0 Å². The molecule has 0 aliphatic rings. The van der Waals surface area contributed by atoms with E-state index >= 15 is 0 Å². The van der Waals surface area contributed by atoms with Gasteiger partial charge >= 0.3 is 0 Å². The minimum Gasteiger partial charge on any atom is -1.00 e. The van der Waals surface area contributed by atoms with Crippen molar-refractivity contribution < 1.29 is 21.5 Å². The molecule has 1 aromatic heterocycles. The number of rotatable bonds is 1. The van der Waals surface area contributed by atoms with Crippen LogP contribution in [0.15, 0.2) is 41.0 Å². The molecule has 0 spiro atoms. The van der Waals surface area contributed by atoms with E-state index in [1.807, 2.05) is 0 Å². The molecule has 0 atom stereocenters. The van der Waals surface area contributed by atoms with Gasteiger partial charge in [-0.3, -0.25) is 0 Å². The molecule has 0 saturated heterocycles. The van der Waals surface area contributed by atoms with Crippen LogP contribution in [0.1, 0.15) is 6.92 Å². The largest absolute Gasteiger partial charge is 1.00 e. The highest BCUT2D eigenvalue weighted by Gasteiger charge is 2.09. The Morgan fingerprint density at radius 1 is 1.14 bits per heavy atom. The highest BCUT2D eigenvalue weighted by atomic mass is 79.9. The number of nitrogens with zero attached hydrogens (tertiary/aromatic N) is 1. The molecule has 0 radical (unpaired) electrons. The fraction of sp³-hybridized carbons (Fsp3) is 0.182. The van der Waals surface area contributed by atoms with Crippen molar-refractivity contribution in [2.24, 2.45) is 0 Å². The van der Waals surface area contributed by atoms with Crippen LogP contribution < -0.4 is 21.5 Å². The van der Waals surface area contributed by atoms with E-state index in [1.165, 1.54) is 10.9 Å². The van der Waals surface area contributed by atoms with Crippen LogP contribution in [0.3, 0.4) is 0 Å². The van der Waals surface area contributed by atoms with Crippen molar-refractivity contribution in [2.75, 3.05) is 0 Å². The van der Waals surface area contributed by atoms with Crippen LogP contribution in [-0.4, -0.2) is 0 Å². The Balaban J connectivity index is 0.000000980. The summed E-state index contributed by atoms with van der Waals surface area (Å²) in [6.45, 7) is 3.14. The molecule has 1 nitrogen and oxygen atoms in total. The van der Waals surface area contributed by atoms with E-state index in [1.54, 1.807) is 0 Å². The van der Waals surface area contributed by atoms with Gasteiger partial charge in [0, 0.05) is 33.4 Å². The van der Waals surface area contributed by atoms with Gasteiger partial charge in [0.1, 0.15) is 6.54 Å². The Morgan fingerprint density at radius 2 is 1.86 bits per heavy atom. The lowest BCUT2D eigenvalue weighted by Crippen LogP contribution is -3.00. The first-order valence-electron chi connectivity index (χ1n) is 4.40. The zero-order chi connectivity index (χ0) is 9.26. The van der Waals surface area contributed by atoms with E-state index in [-0.39, 0.29) is 17.0 Å². The highest BCUT2D eigenvalue weighted by Crippen LogP contribution is 2.13. The summed E-state index contributed by atoms with van der Waals surface area (Å²) in [5.74, 6) is 0. The quantitative estimate of drug-likeness (QED) is 0.511. The first kappa shape index (κ1) is 11.7. The molecule has 1 aromatic carbocycles. The molecule has 2 rings (SSSR count). The molecule has 0 saturated carbocycles. The van der Waals surface area contributed by atoms with Crippen LogP contribution in [0, 0.1) is 0 Å². The second kappa shape index (κ2) is 4.89. The number of benzene rings is 1. The molecule has 0 aliphatic heterocycles. The molecule has 1 heterocycles. The van der Waals surface area contributed by atoms with Crippen LogP contribution in [0.2, 0.25) is 0 Å². The lowest BCUT2D eigenvalue weighted by atomic mass is 10.2. The summed E-state index contributed by atoms with van der Waals surface area (Å²) in [6.07, 6.45) is 0. The number of pyridine rings is 1. The van der Waals surface area contributed by atoms with Crippen molar-refractivity contribution in [2.45, 2.75) is 13.5 Å². The summed E-state index contributed by atoms with van der Waals surface area (Å²) in [5, 5.41) is 1.28. The molecule has 0 bridgehead atoms. The second-order valence-electron chi connectivity index (χ2n) is 2.96. The third kappa shape index (κ3) is 1.98. The summed E-state index contributed by atoms with van der Waals surface area (Å²) in [6, 6.07) is 12.6. The summed E-state index contributed by atoms with van der Waals surface area (Å²) >= 11 is 3.54. The zero-order valence-corrected chi connectivity index (χ0v) is 11.0. The molecule has 0 fully saturated rings. The third-order valence-corrected chi connectivity index (χ3v) is 2.89. The van der Waals surface area contributed by atoms with Crippen molar-refractivity contribution in [3.05, 3.63) is 41.0 Å². The van der Waals surface area contributed by atoms with Crippen LogP contribution in [0.4, 0.5) is 0 Å². The fourth-order valence-electron chi connectivity index (χ4n) is 1.56. The van der Waals surface area contributed by atoms with Crippen LogP contribution in [0.25, 0.3) is 10.9 Å². The van der Waals surface area contributed by atoms with Crippen molar-refractivity contribution in [3.63, 3.8) is 0 Å². The second-order valence-corrected chi connectivity index (χ2v) is 3.77. The predicted molar refractivity (Wildman–Crippen MR) is 57.5 cm³/mol. The van der Waals surface area contributed by atoms with Gasteiger partial charge in [0.25, 0.3) is 0 Å². The maximum Gasteiger partial charge on any atom is 0.248 e. The molecule has 3 heteroatoms. The van der Waals surface area contributed by atoms with Gasteiger partial charge < -0.3 is 17.0 Å². The fourth-order valence-corrected chi connectivity index (χ4v) is 2.13. The molecule has 74 valence electrons. The van der Waals surface area contributed by atoms with Crippen molar-refractivity contribution in [3.8, 4) is 0 Å². The maximum atomic E-state index is 3.54. The Bertz CT molecular complexity index is 440. The van der Waals surface area contributed by atoms with Gasteiger partial charge in [0.2, 0.25) is 10.1 Å². The molecular weight excluding hydrogens is 306 g/mol. The van der Waals surface area contributed by atoms with Gasteiger partial charge in [0.15, 0.2) is 0 Å². The van der Waals surface area contributed by atoms with Crippen molar-refractivity contribution in [1.82, 2.24) is 0 Å². The van der Waals surface area contributed by atoms with Crippen molar-refractivity contribution >= 4 is 26.8 Å². The Labute approximate surface area is 103 Å². The summed E-state index contributed by atoms with van der Waals surface area (Å²) in [5.41, 5.74) is 1.28. The maximum absolute atomic E-state index is 3.54. The van der Waals surface area contributed by atoms with Gasteiger partial charge in [-0.1, -0.05) is 12.1 Å². The number of hydrogen-bond acceptors (Lipinski definition) is 0. The average molecular weight is 317 g/mol. The Hall–Kier alpha value is -0.410. The molecule has 0 N–H and O–H groups in total. The standard InChI is InChI=1S/C11H11BrN.BrH/c1-2-13-10-6-4-3-5-9(10)7-8-11(13)12;/h3-8H,2H2,1H3;1H/q+1;/p-1. The van der Waals surface area contributed by atoms with Gasteiger partial charge in [-0.2, -0.15) is 4.57 Å². The predicted octanol–water partition coefficient (Wildman–Crippen LogP) is -0.0863. The van der Waals surface area contributed by atoms with E-state index in [0.717, 1.165) is 11.1 Å². The van der Waals surface area contributed by atoms with E-state index in [2.05, 4.69) is 63.8 Å². The molecule has 0 aliphatic carbocycles. The Morgan fingerprint density at radius 3 is 2.57 bits per heavy atom. The number of fused-ring (bicyclic) bond motifs is 1. The third-order valence-electron chi connectivity index (χ3n) is 2.20. The first-order chi connectivity index (χ1) is 6.33. The van der Waals surface area contributed by atoms with Crippen LogP contribution in [-0.2, 0) is 6.54 Å². The van der Waals surface area contributed by atoms with E-state index < -0.39 is 0 Å². The van der Waals surface area contributed by atoms with E-state index in [4.69, 9.17) is 0 Å². The first-order valence-corrected chi connectivity index (χ1v) is 5.19. The number of halogens is 2. The summed E-state index contributed by atoms with van der Waals surface area (Å²) in [7, 11) is 0. The lowest BCUT2D eigenvalue weighted by Gasteiger charge is -1.99. The smallest absolute Gasteiger partial charge is 0.248 e. The van der Waals surface area contributed by atoms with Gasteiger partial charge in [-0.25, -0.2) is 0 Å². The minimum atomic E-state index is 0. The number of hydrogen-bond donors (Lipinski definition) is 0. The molecule has 14 heavy (non-hydrogen) atoms. The van der Waals surface area contributed by atoms with Crippen molar-refractivity contribution in [1.29, 1.82) is 0 Å². The lowest BCUT2D eigenvalue weighted by molar-refractivity contribution is -0.678. The van der Waals surface area contributed by atoms with Gasteiger partial charge in [-0.05, 0) is 19.1 Å². The molecule has 2 aromatic rings. The van der Waals surface area contributed by atoms with Crippen LogP contribution in [0.5, 0.6) is 0 Å². The molecular formula is C11H11Br2N. The molecule has 0 amide bonds. The average Bonchev–Trinajstić information content (AvgIpc) is 2.18. The number of aryl methyl sites for hydroxylation is 1. The monoisotopic (exact) mass is 315 g/mol. The zero-order valence-electron chi connectivity index (χ0n) is 7.87.